The Kier molecular flexibility index (Phi) is 4.09. The maximum absolute atomic E-state index is 10.8. The second-order valence-electron chi connectivity index (χ2n) is 4.00. The lowest BCUT2D eigenvalue weighted by molar-refractivity contribution is 0.305. The molecular formula is C10H18N2O3S. The van der Waals surface area contributed by atoms with E-state index in [0.29, 0.717) is 11.6 Å². The second kappa shape index (κ2) is 4.97. The zero-order valence-corrected chi connectivity index (χ0v) is 10.9. The van der Waals surface area contributed by atoms with Gasteiger partial charge in [-0.25, -0.2) is 0 Å². The van der Waals surface area contributed by atoms with Crippen LogP contribution in [0.1, 0.15) is 38.1 Å². The van der Waals surface area contributed by atoms with Crippen molar-refractivity contribution in [1.82, 2.24) is 9.78 Å². The fourth-order valence-electron chi connectivity index (χ4n) is 1.44. The molecule has 0 saturated carbocycles. The van der Waals surface area contributed by atoms with E-state index in [1.165, 1.54) is 0 Å². The van der Waals surface area contributed by atoms with Gasteiger partial charge in [0.05, 0.1) is 11.9 Å². The van der Waals surface area contributed by atoms with Crippen LogP contribution in [0, 0.1) is 0 Å². The van der Waals surface area contributed by atoms with Crippen LogP contribution in [0.4, 0.5) is 0 Å². The number of aryl methyl sites for hydroxylation is 1. The summed E-state index contributed by atoms with van der Waals surface area (Å²) in [6.45, 7) is 6.92. The molecule has 0 radical (unpaired) electrons. The van der Waals surface area contributed by atoms with Gasteiger partial charge in [0.25, 0.3) is 10.1 Å². The van der Waals surface area contributed by atoms with E-state index in [9.17, 15) is 8.42 Å². The third-order valence-electron chi connectivity index (χ3n) is 2.17. The molecule has 0 unspecified atom stereocenters. The number of nitrogens with zero attached hydrogens (tertiary/aromatic N) is 2. The topological polar surface area (TPSA) is 61.2 Å². The van der Waals surface area contributed by atoms with Crippen LogP contribution in [0.3, 0.4) is 0 Å². The summed E-state index contributed by atoms with van der Waals surface area (Å²) in [5, 5.41) is 4.28. The van der Waals surface area contributed by atoms with Crippen molar-refractivity contribution in [2.75, 3.05) is 6.26 Å². The van der Waals surface area contributed by atoms with Crippen molar-refractivity contribution in [3.05, 3.63) is 17.5 Å². The minimum Gasteiger partial charge on any atom is -0.269 e. The largest absolute Gasteiger partial charge is 0.269 e. The molecule has 5 nitrogen and oxygen atoms in total. The maximum atomic E-state index is 10.8. The Morgan fingerprint density at radius 3 is 2.50 bits per heavy atom. The monoisotopic (exact) mass is 246 g/mol. The summed E-state index contributed by atoms with van der Waals surface area (Å²) in [6.07, 6.45) is 1.03. The standard InChI is InChI=1S/C10H18N2O3S/c1-5-12-10(8(2)3)6-9(11-12)7-15-16(4,13)14/h6,8H,5,7H2,1-4H3. The van der Waals surface area contributed by atoms with Crippen LogP contribution < -0.4 is 0 Å². The summed E-state index contributed by atoms with van der Waals surface area (Å²) in [6, 6.07) is 1.89. The average molecular weight is 246 g/mol. The molecule has 6 heteroatoms. The van der Waals surface area contributed by atoms with Crippen LogP contribution in [0.15, 0.2) is 6.07 Å². The number of aromatic nitrogens is 2. The first-order valence-electron chi connectivity index (χ1n) is 5.24. The number of rotatable bonds is 5. The van der Waals surface area contributed by atoms with E-state index in [4.69, 9.17) is 4.18 Å². The van der Waals surface area contributed by atoms with Crippen molar-refractivity contribution < 1.29 is 12.6 Å². The molecular weight excluding hydrogens is 228 g/mol. The van der Waals surface area contributed by atoms with Crippen molar-refractivity contribution >= 4 is 10.1 Å². The first-order valence-corrected chi connectivity index (χ1v) is 7.06. The molecule has 0 N–H and O–H groups in total. The fourth-order valence-corrected chi connectivity index (χ4v) is 1.78. The van der Waals surface area contributed by atoms with Gasteiger partial charge < -0.3 is 0 Å². The Labute approximate surface area is 96.5 Å². The van der Waals surface area contributed by atoms with E-state index in [0.717, 1.165) is 18.5 Å². The Bertz CT molecular complexity index is 449. The number of hydrogen-bond acceptors (Lipinski definition) is 4. The summed E-state index contributed by atoms with van der Waals surface area (Å²) in [4.78, 5) is 0. The van der Waals surface area contributed by atoms with Gasteiger partial charge in [0.15, 0.2) is 0 Å². The SMILES string of the molecule is CCn1nc(COS(C)(=O)=O)cc1C(C)C. The molecule has 1 heterocycles. The van der Waals surface area contributed by atoms with Crippen molar-refractivity contribution in [3.63, 3.8) is 0 Å². The van der Waals surface area contributed by atoms with Crippen LogP contribution >= 0.6 is 0 Å². The third kappa shape index (κ3) is 3.61. The molecule has 0 aliphatic rings. The molecule has 0 fully saturated rings. The Balaban J connectivity index is 2.83. The van der Waals surface area contributed by atoms with Gasteiger partial charge in [-0.3, -0.25) is 8.86 Å². The first-order chi connectivity index (χ1) is 7.33. The minimum atomic E-state index is -3.40. The molecule has 1 rings (SSSR count). The van der Waals surface area contributed by atoms with Gasteiger partial charge in [0, 0.05) is 12.2 Å². The average Bonchev–Trinajstić information content (AvgIpc) is 2.56. The van der Waals surface area contributed by atoms with Gasteiger partial charge in [0.1, 0.15) is 6.61 Å². The molecule has 1 aromatic rings. The molecule has 0 aliphatic carbocycles. The predicted octanol–water partition coefficient (Wildman–Crippen LogP) is 1.50. The van der Waals surface area contributed by atoms with Gasteiger partial charge in [-0.15, -0.1) is 0 Å². The predicted molar refractivity (Wildman–Crippen MR) is 61.6 cm³/mol. The quantitative estimate of drug-likeness (QED) is 0.739. The molecule has 0 atom stereocenters. The van der Waals surface area contributed by atoms with Crippen molar-refractivity contribution in [2.45, 2.75) is 39.8 Å². The highest BCUT2D eigenvalue weighted by molar-refractivity contribution is 7.85. The Hall–Kier alpha value is -0.880. The summed E-state index contributed by atoms with van der Waals surface area (Å²) in [7, 11) is -3.40. The maximum Gasteiger partial charge on any atom is 0.264 e. The van der Waals surface area contributed by atoms with Gasteiger partial charge in [-0.2, -0.15) is 13.5 Å². The van der Waals surface area contributed by atoms with E-state index in [-0.39, 0.29) is 6.61 Å². The van der Waals surface area contributed by atoms with E-state index >= 15 is 0 Å². The van der Waals surface area contributed by atoms with E-state index in [1.807, 2.05) is 17.7 Å². The zero-order chi connectivity index (χ0) is 12.3. The van der Waals surface area contributed by atoms with Gasteiger partial charge >= 0.3 is 0 Å². The normalized spacial score (nSPS) is 12.3. The Morgan fingerprint density at radius 1 is 1.50 bits per heavy atom. The molecule has 0 spiro atoms. The van der Waals surface area contributed by atoms with Crippen molar-refractivity contribution in [2.24, 2.45) is 0 Å². The lowest BCUT2D eigenvalue weighted by atomic mass is 10.1. The summed E-state index contributed by atoms with van der Waals surface area (Å²) in [5.74, 6) is 0.361. The zero-order valence-electron chi connectivity index (χ0n) is 10.1. The molecule has 92 valence electrons. The highest BCUT2D eigenvalue weighted by Gasteiger charge is 2.11. The van der Waals surface area contributed by atoms with Gasteiger partial charge in [0.2, 0.25) is 0 Å². The molecule has 16 heavy (non-hydrogen) atoms. The first kappa shape index (κ1) is 13.2. The molecule has 0 aliphatic heterocycles. The molecule has 1 aromatic heterocycles. The van der Waals surface area contributed by atoms with Crippen LogP contribution in [0.5, 0.6) is 0 Å². The lowest BCUT2D eigenvalue weighted by Crippen LogP contribution is -2.05. The van der Waals surface area contributed by atoms with Crippen molar-refractivity contribution in [1.29, 1.82) is 0 Å². The highest BCUT2D eigenvalue weighted by Crippen LogP contribution is 2.16. The second-order valence-corrected chi connectivity index (χ2v) is 5.64. The lowest BCUT2D eigenvalue weighted by Gasteiger charge is -2.06. The molecule has 0 saturated heterocycles. The van der Waals surface area contributed by atoms with Crippen molar-refractivity contribution in [3.8, 4) is 0 Å². The molecule has 0 aromatic carbocycles. The Morgan fingerprint density at radius 2 is 2.12 bits per heavy atom. The van der Waals surface area contributed by atoms with Gasteiger partial charge in [-0.1, -0.05) is 13.8 Å². The number of hydrogen-bond donors (Lipinski definition) is 0. The van der Waals surface area contributed by atoms with Gasteiger partial charge in [-0.05, 0) is 18.9 Å². The summed E-state index contributed by atoms with van der Waals surface area (Å²) in [5.41, 5.74) is 1.74. The smallest absolute Gasteiger partial charge is 0.264 e. The van der Waals surface area contributed by atoms with Crippen LogP contribution in [0.2, 0.25) is 0 Å². The third-order valence-corrected chi connectivity index (χ3v) is 2.72. The van der Waals surface area contributed by atoms with Crippen LogP contribution in [-0.4, -0.2) is 24.5 Å². The van der Waals surface area contributed by atoms with E-state index in [1.54, 1.807) is 0 Å². The molecule has 0 bridgehead atoms. The van der Waals surface area contributed by atoms with E-state index < -0.39 is 10.1 Å². The fraction of sp³-hybridized carbons (Fsp3) is 0.700. The van der Waals surface area contributed by atoms with Crippen LogP contribution in [-0.2, 0) is 27.5 Å². The molecule has 0 amide bonds. The van der Waals surface area contributed by atoms with E-state index in [2.05, 4.69) is 18.9 Å². The summed E-state index contributed by atoms with van der Waals surface area (Å²) < 4.78 is 28.3. The van der Waals surface area contributed by atoms with Crippen LogP contribution in [0.25, 0.3) is 0 Å². The highest BCUT2D eigenvalue weighted by atomic mass is 32.2. The summed E-state index contributed by atoms with van der Waals surface area (Å²) >= 11 is 0. The minimum absolute atomic E-state index is 0.00551.